The second kappa shape index (κ2) is 4.97. The minimum Gasteiger partial charge on any atom is -0.368 e. The lowest BCUT2D eigenvalue weighted by Crippen LogP contribution is -2.06. The summed E-state index contributed by atoms with van der Waals surface area (Å²) >= 11 is 0. The number of aliphatic imine (C=N–C) groups is 1. The van der Waals surface area contributed by atoms with Crippen LogP contribution < -0.4 is 5.73 Å². The fraction of sp³-hybridized carbons (Fsp3) is 0.714. The van der Waals surface area contributed by atoms with Crippen LogP contribution in [0.5, 0.6) is 0 Å². The Hall–Kier alpha value is -0.860. The van der Waals surface area contributed by atoms with Crippen LogP contribution in [0.25, 0.3) is 0 Å². The van der Waals surface area contributed by atoms with E-state index in [1.54, 1.807) is 6.21 Å². The van der Waals surface area contributed by atoms with Gasteiger partial charge in [0.1, 0.15) is 0 Å². The van der Waals surface area contributed by atoms with E-state index in [0.29, 0.717) is 5.92 Å². The molecule has 0 radical (unpaired) electrons. The van der Waals surface area contributed by atoms with Crippen LogP contribution in [-0.2, 0) is 0 Å². The quantitative estimate of drug-likeness (QED) is 0.452. The molecule has 0 aromatic rings. The monoisotopic (exact) mass is 141 g/mol. The molecule has 3 nitrogen and oxygen atoms in total. The second-order valence-electron chi connectivity index (χ2n) is 2.45. The van der Waals surface area contributed by atoms with E-state index in [9.17, 15) is 0 Å². The normalized spacial score (nSPS) is 13.8. The maximum absolute atomic E-state index is 6.78. The third-order valence-electron chi connectivity index (χ3n) is 1.44. The van der Waals surface area contributed by atoms with Crippen LogP contribution in [0.3, 0.4) is 0 Å². The van der Waals surface area contributed by atoms with Gasteiger partial charge in [0.25, 0.3) is 0 Å². The van der Waals surface area contributed by atoms with E-state index < -0.39 is 0 Å². The predicted octanol–water partition coefficient (Wildman–Crippen LogP) is 1.39. The van der Waals surface area contributed by atoms with E-state index in [-0.39, 0.29) is 5.96 Å². The van der Waals surface area contributed by atoms with Crippen LogP contribution in [0.15, 0.2) is 4.99 Å². The van der Waals surface area contributed by atoms with Crippen LogP contribution in [0.4, 0.5) is 0 Å². The van der Waals surface area contributed by atoms with Gasteiger partial charge in [0.2, 0.25) is 5.96 Å². The molecule has 58 valence electrons. The first-order valence-corrected chi connectivity index (χ1v) is 3.53. The van der Waals surface area contributed by atoms with E-state index in [2.05, 4.69) is 18.8 Å². The van der Waals surface area contributed by atoms with Gasteiger partial charge < -0.3 is 5.73 Å². The van der Waals surface area contributed by atoms with Crippen molar-refractivity contribution < 1.29 is 0 Å². The first-order chi connectivity index (χ1) is 4.66. The smallest absolute Gasteiger partial charge is 0.212 e. The lowest BCUT2D eigenvalue weighted by atomic mass is 10.1. The molecule has 1 atom stereocenters. The molecule has 0 saturated heterocycles. The molecular weight excluding hydrogens is 126 g/mol. The van der Waals surface area contributed by atoms with Gasteiger partial charge in [-0.25, -0.2) is 4.99 Å². The Morgan fingerprint density at radius 3 is 2.80 bits per heavy atom. The Balaban J connectivity index is 3.43. The van der Waals surface area contributed by atoms with Gasteiger partial charge in [-0.3, -0.25) is 5.41 Å². The molecule has 0 aliphatic rings. The van der Waals surface area contributed by atoms with Crippen molar-refractivity contribution in [2.24, 2.45) is 16.6 Å². The van der Waals surface area contributed by atoms with Gasteiger partial charge in [0.05, 0.1) is 0 Å². The van der Waals surface area contributed by atoms with Crippen molar-refractivity contribution in [1.29, 1.82) is 5.41 Å². The second-order valence-corrected chi connectivity index (χ2v) is 2.45. The third-order valence-corrected chi connectivity index (χ3v) is 1.44. The minimum absolute atomic E-state index is 0.108. The fourth-order valence-electron chi connectivity index (χ4n) is 0.498. The molecule has 0 fully saturated rings. The molecule has 0 aromatic heterocycles. The lowest BCUT2D eigenvalue weighted by Gasteiger charge is -2.00. The number of rotatable bonds is 3. The van der Waals surface area contributed by atoms with Gasteiger partial charge >= 0.3 is 0 Å². The van der Waals surface area contributed by atoms with Crippen molar-refractivity contribution in [1.82, 2.24) is 0 Å². The molecule has 0 amide bonds. The summed E-state index contributed by atoms with van der Waals surface area (Å²) in [7, 11) is 0. The molecule has 0 aliphatic heterocycles. The molecule has 3 heteroatoms. The van der Waals surface area contributed by atoms with Crippen LogP contribution in [-0.4, -0.2) is 12.2 Å². The molecule has 1 unspecified atom stereocenters. The van der Waals surface area contributed by atoms with Gasteiger partial charge in [-0.15, -0.1) is 0 Å². The summed E-state index contributed by atoms with van der Waals surface area (Å²) in [6.07, 6.45) is 3.76. The summed E-state index contributed by atoms with van der Waals surface area (Å²) in [5.74, 6) is 0.534. The van der Waals surface area contributed by atoms with Crippen molar-refractivity contribution in [2.45, 2.75) is 26.7 Å². The number of nitrogens with zero attached hydrogens (tertiary/aromatic N) is 1. The number of hydrogen-bond acceptors (Lipinski definition) is 1. The van der Waals surface area contributed by atoms with E-state index >= 15 is 0 Å². The molecule has 10 heavy (non-hydrogen) atoms. The molecule has 0 rings (SSSR count). The van der Waals surface area contributed by atoms with Gasteiger partial charge in [-0.05, 0) is 12.3 Å². The standard InChI is InChI=1S/C7H15N3/c1-3-6(2)4-5-10-7(8)9/h5-6H,3-4H2,1-2H3,(H3,8,9). The van der Waals surface area contributed by atoms with E-state index in [1.165, 1.54) is 0 Å². The van der Waals surface area contributed by atoms with Crippen molar-refractivity contribution in [3.63, 3.8) is 0 Å². The van der Waals surface area contributed by atoms with Crippen LogP contribution >= 0.6 is 0 Å². The van der Waals surface area contributed by atoms with Crippen molar-refractivity contribution >= 4 is 12.2 Å². The highest BCUT2D eigenvalue weighted by atomic mass is 15.0. The number of nitrogens with one attached hydrogen (secondary N) is 1. The summed E-state index contributed by atoms with van der Waals surface area (Å²) in [6, 6.07) is 0. The summed E-state index contributed by atoms with van der Waals surface area (Å²) in [5, 5.41) is 6.78. The maximum atomic E-state index is 6.78. The average Bonchev–Trinajstić information content (AvgIpc) is 1.87. The van der Waals surface area contributed by atoms with Gasteiger partial charge in [0, 0.05) is 6.21 Å². The largest absolute Gasteiger partial charge is 0.368 e. The van der Waals surface area contributed by atoms with E-state index in [1.807, 2.05) is 0 Å². The summed E-state index contributed by atoms with van der Waals surface area (Å²) in [5.41, 5.74) is 5.01. The predicted molar refractivity (Wildman–Crippen MR) is 44.5 cm³/mol. The highest BCUT2D eigenvalue weighted by Gasteiger charge is 1.93. The van der Waals surface area contributed by atoms with E-state index in [4.69, 9.17) is 11.1 Å². The molecule has 0 aliphatic carbocycles. The first-order valence-electron chi connectivity index (χ1n) is 3.53. The number of nitrogens with two attached hydrogens (primary N) is 1. The Bertz CT molecular complexity index is 129. The number of hydrogen-bond donors (Lipinski definition) is 2. The molecule has 0 heterocycles. The average molecular weight is 141 g/mol. The number of guanidine groups is 1. The van der Waals surface area contributed by atoms with Gasteiger partial charge in [0.15, 0.2) is 0 Å². The summed E-state index contributed by atoms with van der Waals surface area (Å²) in [4.78, 5) is 3.65. The van der Waals surface area contributed by atoms with Crippen molar-refractivity contribution in [3.05, 3.63) is 0 Å². The highest BCUT2D eigenvalue weighted by Crippen LogP contribution is 2.02. The van der Waals surface area contributed by atoms with Crippen LogP contribution in [0.1, 0.15) is 26.7 Å². The zero-order valence-corrected chi connectivity index (χ0v) is 6.59. The fourth-order valence-corrected chi connectivity index (χ4v) is 0.498. The molecule has 0 bridgehead atoms. The molecule has 3 N–H and O–H groups in total. The molecular formula is C7H15N3. The molecule has 0 aromatic carbocycles. The van der Waals surface area contributed by atoms with Crippen LogP contribution in [0, 0.1) is 11.3 Å². The van der Waals surface area contributed by atoms with Gasteiger partial charge in [-0.2, -0.15) is 0 Å². The minimum atomic E-state index is -0.108. The molecule has 0 spiro atoms. The SMILES string of the molecule is CCC(C)CC=NC(=N)N. The van der Waals surface area contributed by atoms with Crippen molar-refractivity contribution in [2.75, 3.05) is 0 Å². The van der Waals surface area contributed by atoms with Crippen LogP contribution in [0.2, 0.25) is 0 Å². The first kappa shape index (κ1) is 9.14. The highest BCUT2D eigenvalue weighted by molar-refractivity contribution is 5.83. The van der Waals surface area contributed by atoms with Gasteiger partial charge in [-0.1, -0.05) is 20.3 Å². The lowest BCUT2D eigenvalue weighted by molar-refractivity contribution is 0.592. The maximum Gasteiger partial charge on any atom is 0.212 e. The zero-order chi connectivity index (χ0) is 7.98. The zero-order valence-electron chi connectivity index (χ0n) is 6.59. The Kier molecular flexibility index (Phi) is 4.54. The van der Waals surface area contributed by atoms with Crippen molar-refractivity contribution in [3.8, 4) is 0 Å². The Morgan fingerprint density at radius 1 is 1.80 bits per heavy atom. The van der Waals surface area contributed by atoms with E-state index in [0.717, 1.165) is 12.8 Å². The topological polar surface area (TPSA) is 62.2 Å². The summed E-state index contributed by atoms with van der Waals surface area (Å²) in [6.45, 7) is 4.28. The third kappa shape index (κ3) is 5.28. The summed E-state index contributed by atoms with van der Waals surface area (Å²) < 4.78 is 0. The Labute approximate surface area is 61.8 Å². The Morgan fingerprint density at radius 2 is 2.40 bits per heavy atom. The molecule has 0 saturated carbocycles.